The molecular weight excluding hydrogens is 403 g/mol. The Bertz CT molecular complexity index is 1080. The summed E-state index contributed by atoms with van der Waals surface area (Å²) in [6.45, 7) is 4.66. The molecule has 2 unspecified atom stereocenters. The quantitative estimate of drug-likeness (QED) is 0.777. The van der Waals surface area contributed by atoms with Gasteiger partial charge >= 0.3 is 6.18 Å². The number of fused-ring (bicyclic) bond motifs is 5. The first-order valence-corrected chi connectivity index (χ1v) is 10.9. The van der Waals surface area contributed by atoms with Crippen molar-refractivity contribution >= 4 is 10.9 Å². The molecule has 0 saturated carbocycles. The number of benzene rings is 1. The van der Waals surface area contributed by atoms with Crippen LogP contribution < -0.4 is 0 Å². The molecule has 166 valence electrons. The van der Waals surface area contributed by atoms with Crippen LogP contribution >= 0.6 is 0 Å². The highest BCUT2D eigenvalue weighted by atomic mass is 19.4. The van der Waals surface area contributed by atoms with Crippen LogP contribution in [0.1, 0.15) is 42.6 Å². The predicted molar refractivity (Wildman–Crippen MR) is 115 cm³/mol. The molecule has 3 aliphatic rings. The van der Waals surface area contributed by atoms with E-state index in [1.165, 1.54) is 12.1 Å². The number of hydrogen-bond acceptors (Lipinski definition) is 3. The molecule has 0 bridgehead atoms. The van der Waals surface area contributed by atoms with E-state index in [0.29, 0.717) is 18.5 Å². The van der Waals surface area contributed by atoms with Crippen LogP contribution in [-0.4, -0.2) is 51.8 Å². The first-order valence-electron chi connectivity index (χ1n) is 10.9. The first-order chi connectivity index (χ1) is 14.6. The van der Waals surface area contributed by atoms with Gasteiger partial charge in [0.05, 0.1) is 12.1 Å². The third-order valence-corrected chi connectivity index (χ3v) is 7.09. The molecule has 2 atom stereocenters. The minimum Gasteiger partial charge on any atom is -0.384 e. The summed E-state index contributed by atoms with van der Waals surface area (Å²) in [6, 6.07) is 4.25. The lowest BCUT2D eigenvalue weighted by Gasteiger charge is -2.34. The van der Waals surface area contributed by atoms with Gasteiger partial charge in [0.25, 0.3) is 0 Å². The van der Waals surface area contributed by atoms with Crippen LogP contribution in [0.5, 0.6) is 0 Å². The Kier molecular flexibility index (Phi) is 4.75. The van der Waals surface area contributed by atoms with E-state index in [9.17, 15) is 18.3 Å². The molecule has 1 N–H and O–H groups in total. The van der Waals surface area contributed by atoms with E-state index in [0.717, 1.165) is 54.7 Å². The maximum absolute atomic E-state index is 13.5. The van der Waals surface area contributed by atoms with Gasteiger partial charge in [-0.2, -0.15) is 13.2 Å². The van der Waals surface area contributed by atoms with Crippen LogP contribution in [0, 0.1) is 0 Å². The number of aromatic nitrogens is 1. The van der Waals surface area contributed by atoms with Crippen LogP contribution in [0.15, 0.2) is 42.1 Å². The molecule has 0 radical (unpaired) electrons. The monoisotopic (exact) mass is 431 g/mol. The molecule has 0 spiro atoms. The summed E-state index contributed by atoms with van der Waals surface area (Å²) in [6.07, 6.45) is 4.28. The van der Waals surface area contributed by atoms with E-state index in [4.69, 9.17) is 0 Å². The topological polar surface area (TPSA) is 31.6 Å². The van der Waals surface area contributed by atoms with Crippen molar-refractivity contribution in [2.45, 2.75) is 50.6 Å². The number of halogens is 3. The number of allylic oxidation sites excluding steroid dienone is 2. The minimum atomic E-state index is -4.37. The summed E-state index contributed by atoms with van der Waals surface area (Å²) in [7, 11) is 1.96. The molecule has 0 amide bonds. The van der Waals surface area contributed by atoms with Crippen molar-refractivity contribution in [1.82, 2.24) is 14.4 Å². The van der Waals surface area contributed by atoms with Gasteiger partial charge in [0.2, 0.25) is 0 Å². The molecule has 0 aliphatic carbocycles. The number of aliphatic hydroxyl groups is 1. The number of alkyl halides is 3. The summed E-state index contributed by atoms with van der Waals surface area (Å²) in [4.78, 5) is 4.41. The van der Waals surface area contributed by atoms with E-state index in [-0.39, 0.29) is 6.04 Å². The average Bonchev–Trinajstić information content (AvgIpc) is 3.30. The summed E-state index contributed by atoms with van der Waals surface area (Å²) in [5.74, 6) is 0. The number of rotatable bonds is 3. The standard InChI is InChI=1S/C24H28F3N3O/c1-23(31,17-5-3-10-28(2)14-17)15-30-19-8-7-16(24(25,26)27)13-18(19)22-20-6-4-11-29(20)12-9-21(22)30/h3,5,7-8,10,13,20,31H,4,6,9,11-12,14-15H2,1-2H3. The van der Waals surface area contributed by atoms with Crippen LogP contribution in [0.4, 0.5) is 13.2 Å². The Balaban J connectivity index is 1.65. The lowest BCUT2D eigenvalue weighted by molar-refractivity contribution is -0.137. The number of hydrogen-bond donors (Lipinski definition) is 1. The zero-order valence-electron chi connectivity index (χ0n) is 17.9. The fourth-order valence-electron chi connectivity index (χ4n) is 5.54. The Hall–Kier alpha value is -2.25. The summed E-state index contributed by atoms with van der Waals surface area (Å²) < 4.78 is 42.6. The van der Waals surface area contributed by atoms with Gasteiger partial charge in [-0.05, 0) is 67.9 Å². The van der Waals surface area contributed by atoms with Crippen LogP contribution in [0.2, 0.25) is 0 Å². The molecule has 1 fully saturated rings. The smallest absolute Gasteiger partial charge is 0.384 e. The van der Waals surface area contributed by atoms with Gasteiger partial charge in [0.15, 0.2) is 0 Å². The second-order valence-electron chi connectivity index (χ2n) is 9.34. The van der Waals surface area contributed by atoms with Gasteiger partial charge in [-0.1, -0.05) is 6.08 Å². The van der Waals surface area contributed by atoms with E-state index in [2.05, 4.69) is 9.47 Å². The van der Waals surface area contributed by atoms with Crippen molar-refractivity contribution in [3.63, 3.8) is 0 Å². The molecule has 5 rings (SSSR count). The average molecular weight is 432 g/mol. The van der Waals surface area contributed by atoms with Gasteiger partial charge < -0.3 is 14.6 Å². The minimum absolute atomic E-state index is 0.170. The maximum atomic E-state index is 13.5. The lowest BCUT2D eigenvalue weighted by Crippen LogP contribution is -2.39. The molecule has 4 nitrogen and oxygen atoms in total. The van der Waals surface area contributed by atoms with Crippen molar-refractivity contribution in [2.24, 2.45) is 0 Å². The highest BCUT2D eigenvalue weighted by molar-refractivity contribution is 5.87. The van der Waals surface area contributed by atoms with Crippen molar-refractivity contribution in [2.75, 3.05) is 26.7 Å². The van der Waals surface area contributed by atoms with Crippen LogP contribution in [0.25, 0.3) is 10.9 Å². The fraction of sp³-hybridized carbons (Fsp3) is 0.500. The summed E-state index contributed by atoms with van der Waals surface area (Å²) in [5, 5.41) is 12.1. The Morgan fingerprint density at radius 1 is 1.19 bits per heavy atom. The molecule has 1 aromatic carbocycles. The van der Waals surface area contributed by atoms with Crippen molar-refractivity contribution < 1.29 is 18.3 Å². The number of nitrogens with zero attached hydrogens (tertiary/aromatic N) is 3. The second kappa shape index (κ2) is 7.14. The molecule has 31 heavy (non-hydrogen) atoms. The Labute approximate surface area is 180 Å². The van der Waals surface area contributed by atoms with Gasteiger partial charge in [-0.15, -0.1) is 0 Å². The third-order valence-electron chi connectivity index (χ3n) is 7.09. The predicted octanol–water partition coefficient (Wildman–Crippen LogP) is 4.49. The highest BCUT2D eigenvalue weighted by Gasteiger charge is 2.38. The van der Waals surface area contributed by atoms with Crippen molar-refractivity contribution in [3.8, 4) is 0 Å². The molecule has 1 aromatic heterocycles. The molecule has 3 aliphatic heterocycles. The maximum Gasteiger partial charge on any atom is 0.416 e. The van der Waals surface area contributed by atoms with Crippen molar-refractivity contribution in [1.29, 1.82) is 0 Å². The molecule has 2 aromatic rings. The summed E-state index contributed by atoms with van der Waals surface area (Å²) in [5.41, 5.74) is 2.09. The largest absolute Gasteiger partial charge is 0.416 e. The number of likely N-dealkylation sites (N-methyl/N-ethyl adjacent to an activating group) is 1. The van der Waals surface area contributed by atoms with Gasteiger partial charge in [0.1, 0.15) is 5.60 Å². The van der Waals surface area contributed by atoms with Gasteiger partial charge in [-0.3, -0.25) is 4.90 Å². The normalized spacial score (nSPS) is 23.6. The van der Waals surface area contributed by atoms with Gasteiger partial charge in [0, 0.05) is 49.2 Å². The Morgan fingerprint density at radius 3 is 2.74 bits per heavy atom. The SMILES string of the molecule is CN1C=CC=C(C(C)(O)Cn2c3c(c4cc(C(F)(F)F)ccc42)C2CCCN2CC3)C1. The summed E-state index contributed by atoms with van der Waals surface area (Å²) >= 11 is 0. The van der Waals surface area contributed by atoms with Crippen LogP contribution in [0.3, 0.4) is 0 Å². The molecular formula is C24H28F3N3O. The van der Waals surface area contributed by atoms with Gasteiger partial charge in [-0.25, -0.2) is 0 Å². The Morgan fingerprint density at radius 2 is 2.00 bits per heavy atom. The van der Waals surface area contributed by atoms with E-state index >= 15 is 0 Å². The van der Waals surface area contributed by atoms with E-state index < -0.39 is 17.3 Å². The molecule has 7 heteroatoms. The highest BCUT2D eigenvalue weighted by Crippen LogP contribution is 2.45. The van der Waals surface area contributed by atoms with E-state index in [1.807, 2.05) is 30.3 Å². The fourth-order valence-corrected chi connectivity index (χ4v) is 5.54. The second-order valence-corrected chi connectivity index (χ2v) is 9.34. The third kappa shape index (κ3) is 3.48. The zero-order chi connectivity index (χ0) is 22.0. The van der Waals surface area contributed by atoms with E-state index in [1.54, 1.807) is 13.0 Å². The van der Waals surface area contributed by atoms with Crippen molar-refractivity contribution in [3.05, 3.63) is 58.9 Å². The zero-order valence-corrected chi connectivity index (χ0v) is 17.9. The molecule has 4 heterocycles. The van der Waals surface area contributed by atoms with Crippen LogP contribution in [-0.2, 0) is 19.1 Å². The first kappa shape index (κ1) is 20.6. The molecule has 1 saturated heterocycles. The lowest BCUT2D eigenvalue weighted by atomic mass is 9.92.